The summed E-state index contributed by atoms with van der Waals surface area (Å²) in [4.78, 5) is 9.01. The largest absolute Gasteiger partial charge is 0.497 e. The van der Waals surface area contributed by atoms with Gasteiger partial charge in [0.05, 0.1) is 14.2 Å². The molecule has 1 aliphatic rings. The maximum Gasteiger partial charge on any atom is 0.193 e. The summed E-state index contributed by atoms with van der Waals surface area (Å²) in [6.07, 6.45) is 1.12. The molecular weight excluding hydrogens is 304 g/mol. The maximum absolute atomic E-state index is 5.36. The third kappa shape index (κ3) is 5.03. The van der Waals surface area contributed by atoms with Gasteiger partial charge in [0.1, 0.15) is 11.5 Å². The van der Waals surface area contributed by atoms with Crippen molar-refractivity contribution in [3.63, 3.8) is 0 Å². The van der Waals surface area contributed by atoms with Crippen LogP contribution in [0, 0.1) is 0 Å². The molecule has 0 spiro atoms. The van der Waals surface area contributed by atoms with Gasteiger partial charge < -0.3 is 19.7 Å². The Morgan fingerprint density at radius 1 is 1.25 bits per heavy atom. The minimum atomic E-state index is 0.435. The first-order chi connectivity index (χ1) is 11.5. The van der Waals surface area contributed by atoms with Gasteiger partial charge in [-0.15, -0.1) is 0 Å². The number of nitrogens with one attached hydrogen (secondary N) is 1. The first-order valence-corrected chi connectivity index (χ1v) is 8.48. The molecule has 6 heteroatoms. The van der Waals surface area contributed by atoms with E-state index in [-0.39, 0.29) is 0 Å². The molecule has 0 amide bonds. The fourth-order valence-corrected chi connectivity index (χ4v) is 2.96. The molecule has 1 aromatic carbocycles. The molecular formula is C18H30N4O2. The van der Waals surface area contributed by atoms with Crippen LogP contribution in [0.1, 0.15) is 18.9 Å². The highest BCUT2D eigenvalue weighted by Crippen LogP contribution is 2.24. The van der Waals surface area contributed by atoms with E-state index in [1.165, 1.54) is 5.56 Å². The zero-order chi connectivity index (χ0) is 17.5. The summed E-state index contributed by atoms with van der Waals surface area (Å²) in [6, 6.07) is 6.49. The molecule has 6 nitrogen and oxygen atoms in total. The van der Waals surface area contributed by atoms with Crippen LogP contribution in [0.2, 0.25) is 0 Å². The van der Waals surface area contributed by atoms with Crippen molar-refractivity contribution in [3.8, 4) is 11.5 Å². The van der Waals surface area contributed by atoms with Crippen molar-refractivity contribution in [2.24, 2.45) is 4.99 Å². The Kier molecular flexibility index (Phi) is 6.73. The topological polar surface area (TPSA) is 49.3 Å². The number of hydrogen-bond acceptors (Lipinski definition) is 4. The first kappa shape index (κ1) is 18.4. The molecule has 1 N–H and O–H groups in total. The summed E-state index contributed by atoms with van der Waals surface area (Å²) in [6.45, 7) is 5.83. The highest BCUT2D eigenvalue weighted by molar-refractivity contribution is 5.79. The van der Waals surface area contributed by atoms with Gasteiger partial charge in [-0.05, 0) is 31.0 Å². The van der Waals surface area contributed by atoms with Crippen LogP contribution in [0.3, 0.4) is 0 Å². The number of nitrogens with zero attached hydrogens (tertiary/aromatic N) is 3. The van der Waals surface area contributed by atoms with Gasteiger partial charge in [-0.3, -0.25) is 9.89 Å². The Bertz CT molecular complexity index is 538. The van der Waals surface area contributed by atoms with E-state index < -0.39 is 0 Å². The molecule has 0 radical (unpaired) electrons. The van der Waals surface area contributed by atoms with E-state index in [9.17, 15) is 0 Å². The minimum absolute atomic E-state index is 0.435. The second kappa shape index (κ2) is 8.78. The summed E-state index contributed by atoms with van der Waals surface area (Å²) in [5.41, 5.74) is 1.21. The summed E-state index contributed by atoms with van der Waals surface area (Å²) < 4.78 is 10.7. The Hall–Kier alpha value is -1.95. The van der Waals surface area contributed by atoms with Gasteiger partial charge >= 0.3 is 0 Å². The maximum atomic E-state index is 5.36. The van der Waals surface area contributed by atoms with Gasteiger partial charge in [-0.2, -0.15) is 0 Å². The molecule has 0 aliphatic carbocycles. The van der Waals surface area contributed by atoms with Crippen LogP contribution in [0.5, 0.6) is 11.5 Å². The number of likely N-dealkylation sites (tertiary alicyclic amines) is 1. The quantitative estimate of drug-likeness (QED) is 0.635. The third-order valence-electron chi connectivity index (χ3n) is 4.15. The minimum Gasteiger partial charge on any atom is -0.497 e. The van der Waals surface area contributed by atoms with Crippen molar-refractivity contribution >= 4 is 5.96 Å². The van der Waals surface area contributed by atoms with Gasteiger partial charge in [-0.1, -0.05) is 0 Å². The van der Waals surface area contributed by atoms with Gasteiger partial charge in [-0.25, -0.2) is 0 Å². The van der Waals surface area contributed by atoms with Crippen LogP contribution in [-0.4, -0.2) is 69.8 Å². The molecule has 1 fully saturated rings. The lowest BCUT2D eigenvalue weighted by Gasteiger charge is -2.22. The second-order valence-corrected chi connectivity index (χ2v) is 6.28. The predicted molar refractivity (Wildman–Crippen MR) is 98.0 cm³/mol. The van der Waals surface area contributed by atoms with Crippen LogP contribution < -0.4 is 14.8 Å². The van der Waals surface area contributed by atoms with Crippen molar-refractivity contribution < 1.29 is 9.47 Å². The van der Waals surface area contributed by atoms with Crippen LogP contribution in [-0.2, 0) is 6.54 Å². The number of hydrogen-bond donors (Lipinski definition) is 1. The fraction of sp³-hybridized carbons (Fsp3) is 0.611. The lowest BCUT2D eigenvalue weighted by Crippen LogP contribution is -2.44. The lowest BCUT2D eigenvalue weighted by atomic mass is 10.2. The average molecular weight is 334 g/mol. The van der Waals surface area contributed by atoms with Crippen LogP contribution in [0.4, 0.5) is 0 Å². The molecule has 24 heavy (non-hydrogen) atoms. The monoisotopic (exact) mass is 334 g/mol. The SMILES string of the molecule is CCN=C(NC1CCN(Cc2cc(OC)cc(OC)c2)C1)N(C)C. The standard InChI is InChI=1S/C18H30N4O2/c1-6-19-18(21(2)3)20-15-7-8-22(13-15)12-14-9-16(23-4)11-17(10-14)24-5/h9-11,15H,6-8,12-13H2,1-5H3,(H,19,20). The molecule has 1 aromatic rings. The summed E-state index contributed by atoms with van der Waals surface area (Å²) in [7, 11) is 7.42. The van der Waals surface area contributed by atoms with Crippen LogP contribution in [0.15, 0.2) is 23.2 Å². The van der Waals surface area contributed by atoms with E-state index in [1.54, 1.807) is 14.2 Å². The average Bonchev–Trinajstić information content (AvgIpc) is 3.00. The predicted octanol–water partition coefficient (Wildman–Crippen LogP) is 1.81. The first-order valence-electron chi connectivity index (χ1n) is 8.48. The van der Waals surface area contributed by atoms with E-state index in [0.717, 1.165) is 50.1 Å². The second-order valence-electron chi connectivity index (χ2n) is 6.28. The number of rotatable bonds is 6. The molecule has 1 heterocycles. The van der Waals surface area contributed by atoms with E-state index in [4.69, 9.17) is 9.47 Å². The lowest BCUT2D eigenvalue weighted by molar-refractivity contribution is 0.321. The molecule has 0 bridgehead atoms. The van der Waals surface area contributed by atoms with Gasteiger partial charge in [0.15, 0.2) is 5.96 Å². The molecule has 1 aliphatic heterocycles. The van der Waals surface area contributed by atoms with Crippen molar-refractivity contribution in [3.05, 3.63) is 23.8 Å². The highest BCUT2D eigenvalue weighted by Gasteiger charge is 2.24. The molecule has 1 unspecified atom stereocenters. The Labute approximate surface area is 145 Å². The Morgan fingerprint density at radius 3 is 2.46 bits per heavy atom. The van der Waals surface area contributed by atoms with E-state index in [2.05, 4.69) is 34.3 Å². The van der Waals surface area contributed by atoms with Gasteiger partial charge in [0, 0.05) is 52.4 Å². The smallest absolute Gasteiger partial charge is 0.193 e. The normalized spacial score (nSPS) is 18.5. The summed E-state index contributed by atoms with van der Waals surface area (Å²) >= 11 is 0. The number of guanidine groups is 1. The zero-order valence-corrected chi connectivity index (χ0v) is 15.5. The molecule has 134 valence electrons. The van der Waals surface area contributed by atoms with Crippen LogP contribution >= 0.6 is 0 Å². The Balaban J connectivity index is 1.95. The van der Waals surface area contributed by atoms with Crippen molar-refractivity contribution in [1.29, 1.82) is 0 Å². The van der Waals surface area contributed by atoms with Gasteiger partial charge in [0.2, 0.25) is 0 Å². The highest BCUT2D eigenvalue weighted by atomic mass is 16.5. The molecule has 0 aromatic heterocycles. The number of ether oxygens (including phenoxy) is 2. The van der Waals surface area contributed by atoms with Crippen LogP contribution in [0.25, 0.3) is 0 Å². The van der Waals surface area contributed by atoms with E-state index >= 15 is 0 Å². The molecule has 2 rings (SSSR count). The van der Waals surface area contributed by atoms with Crippen molar-refractivity contribution in [1.82, 2.24) is 15.1 Å². The third-order valence-corrected chi connectivity index (χ3v) is 4.15. The molecule has 0 saturated carbocycles. The van der Waals surface area contributed by atoms with Crippen molar-refractivity contribution in [2.45, 2.75) is 25.9 Å². The molecule has 1 atom stereocenters. The van der Waals surface area contributed by atoms with E-state index in [1.807, 2.05) is 25.1 Å². The fourth-order valence-electron chi connectivity index (χ4n) is 2.96. The number of methoxy groups -OCH3 is 2. The number of benzene rings is 1. The van der Waals surface area contributed by atoms with Crippen molar-refractivity contribution in [2.75, 3.05) is 47.9 Å². The zero-order valence-electron chi connectivity index (χ0n) is 15.5. The van der Waals surface area contributed by atoms with Gasteiger partial charge in [0.25, 0.3) is 0 Å². The summed E-state index contributed by atoms with van der Waals surface area (Å²) in [5, 5.41) is 3.56. The molecule has 1 saturated heterocycles. The number of aliphatic imine (C=N–C) groups is 1. The van der Waals surface area contributed by atoms with E-state index in [0.29, 0.717) is 6.04 Å². The Morgan fingerprint density at radius 2 is 1.92 bits per heavy atom. The summed E-state index contributed by atoms with van der Waals surface area (Å²) in [5.74, 6) is 2.64.